The van der Waals surface area contributed by atoms with E-state index in [2.05, 4.69) is 156 Å². The van der Waals surface area contributed by atoms with Crippen molar-refractivity contribution in [3.63, 3.8) is 0 Å². The molecule has 0 saturated heterocycles. The maximum Gasteiger partial charge on any atom is 0.0432 e. The van der Waals surface area contributed by atoms with Crippen LogP contribution in [-0.2, 0) is 13.0 Å². The van der Waals surface area contributed by atoms with Crippen LogP contribution in [-0.4, -0.2) is 6.72 Å². The van der Waals surface area contributed by atoms with Crippen molar-refractivity contribution in [3.05, 3.63) is 216 Å². The number of aryl methyl sites for hydroxylation is 3. The van der Waals surface area contributed by atoms with E-state index in [1.165, 1.54) is 66.4 Å². The molecule has 0 aliphatic rings. The predicted molar refractivity (Wildman–Crippen MR) is 261 cm³/mol. The number of nitrogens with one attached hydrogen (secondary N) is 1. The molecule has 0 spiro atoms. The zero-order valence-electron chi connectivity index (χ0n) is 35.8. The molecule has 0 radical (unpaired) electrons. The number of anilines is 2. The van der Waals surface area contributed by atoms with Crippen molar-refractivity contribution >= 4 is 28.9 Å². The summed E-state index contributed by atoms with van der Waals surface area (Å²) in [5.41, 5.74) is 32.8. The van der Waals surface area contributed by atoms with Crippen molar-refractivity contribution in [2.75, 3.05) is 11.5 Å². The third-order valence-corrected chi connectivity index (χ3v) is 9.60. The molecular weight excluding hydrogens is 717 g/mol. The summed E-state index contributed by atoms with van der Waals surface area (Å²) < 4.78 is 0. The molecule has 0 atom stereocenters. The highest BCUT2D eigenvalue weighted by Crippen LogP contribution is 2.40. The first-order chi connectivity index (χ1) is 28.8. The van der Waals surface area contributed by atoms with Gasteiger partial charge in [0.1, 0.15) is 0 Å². The Bertz CT molecular complexity index is 2320. The molecule has 8 aromatic rings. The maximum absolute atomic E-state index is 6.62. The van der Waals surface area contributed by atoms with Crippen molar-refractivity contribution in [2.24, 2.45) is 5.73 Å². The summed E-state index contributed by atoms with van der Waals surface area (Å²) in [4.78, 5) is 0. The Hall–Kier alpha value is -6.75. The molecule has 0 aliphatic heterocycles. The number of benzene rings is 8. The fourth-order valence-electron chi connectivity index (χ4n) is 6.45. The molecule has 0 aromatic heterocycles. The molecule has 0 heterocycles. The zero-order chi connectivity index (χ0) is 43.0. The van der Waals surface area contributed by atoms with E-state index in [0.29, 0.717) is 6.54 Å². The lowest BCUT2D eigenvalue weighted by atomic mass is 9.88. The summed E-state index contributed by atoms with van der Waals surface area (Å²) in [6.45, 7) is 15.6. The molecule has 4 heteroatoms. The van der Waals surface area contributed by atoms with Gasteiger partial charge in [-0.05, 0) is 101 Å². The highest BCUT2D eigenvalue weighted by Gasteiger charge is 2.15. The second-order valence-electron chi connectivity index (χ2n) is 13.6. The largest absolute Gasteiger partial charge is 0.399 e. The smallest absolute Gasteiger partial charge is 0.0432 e. The van der Waals surface area contributed by atoms with Gasteiger partial charge in [-0.15, -0.1) is 0 Å². The average Bonchev–Trinajstić information content (AvgIpc) is 3.30. The first kappa shape index (κ1) is 46.6. The fraction of sp³-hybridized carbons (Fsp3) is 0.145. The summed E-state index contributed by atoms with van der Waals surface area (Å²) in [6.07, 6.45) is 0.989. The van der Waals surface area contributed by atoms with Gasteiger partial charge in [0.25, 0.3) is 0 Å². The van der Waals surface area contributed by atoms with Crippen LogP contribution in [0.5, 0.6) is 0 Å². The lowest BCUT2D eigenvalue weighted by molar-refractivity contribution is 1.07. The van der Waals surface area contributed by atoms with E-state index in [0.717, 1.165) is 23.4 Å². The average molecular weight is 779 g/mol. The quantitative estimate of drug-likeness (QED) is 0.103. The van der Waals surface area contributed by atoms with E-state index in [4.69, 9.17) is 22.6 Å². The topological polar surface area (TPSA) is 102 Å². The van der Waals surface area contributed by atoms with Crippen LogP contribution < -0.4 is 17.2 Å². The summed E-state index contributed by atoms with van der Waals surface area (Å²) >= 11 is 0. The summed E-state index contributed by atoms with van der Waals surface area (Å²) in [7, 11) is 0. The fourth-order valence-corrected chi connectivity index (χ4v) is 6.45. The molecule has 8 aromatic carbocycles. The van der Waals surface area contributed by atoms with Crippen LogP contribution in [0.3, 0.4) is 0 Å². The van der Waals surface area contributed by atoms with Crippen LogP contribution in [0.25, 0.3) is 44.2 Å². The minimum absolute atomic E-state index is 0.606. The highest BCUT2D eigenvalue weighted by molar-refractivity contribution is 6.05. The zero-order valence-corrected chi connectivity index (χ0v) is 35.8. The number of hydrogen-bond donors (Lipinski definition) is 4. The van der Waals surface area contributed by atoms with Gasteiger partial charge in [-0.2, -0.15) is 0 Å². The van der Waals surface area contributed by atoms with Gasteiger partial charge in [-0.3, -0.25) is 0 Å². The predicted octanol–water partition coefficient (Wildman–Crippen LogP) is 14.3. The molecule has 0 amide bonds. The van der Waals surface area contributed by atoms with Crippen molar-refractivity contribution in [2.45, 2.75) is 54.5 Å². The molecule has 8 rings (SSSR count). The standard InChI is InChI=1S/C26H25N.C13H13N.C7H8.C6H7N.C2H6.CH3N/c1-4-22-18(3)26(27)25(24-8-6-5-7-23(22)24)21-15-13-20(14-16-21)19-11-9-17(2)10-12-19;14-10-11-6-8-13(9-7-11)12-4-2-1-3-5-12;1-7-5-3-2-4-6-7;7-6-4-2-1-3-5-6;2*1-2/h5-16H,4,27H2,1-3H3;1-9H,10,14H2;2-6H,1H3;1-5H,7H2;1-2H3;2H,1H2. The van der Waals surface area contributed by atoms with Crippen LogP contribution in [0.1, 0.15) is 48.6 Å². The maximum atomic E-state index is 6.62. The SMILES string of the molecule is C=N.CC.CCc1c(C)c(N)c(-c2ccc(-c3ccc(C)cc3)cc2)c2ccccc12.Cc1ccccc1.NCc1ccc(-c2ccccc2)cc1.Nc1ccccc1. The van der Waals surface area contributed by atoms with Gasteiger partial charge in [-0.1, -0.05) is 208 Å². The second kappa shape index (κ2) is 25.5. The molecule has 0 unspecified atom stereocenters. The van der Waals surface area contributed by atoms with Gasteiger partial charge in [0, 0.05) is 23.5 Å². The van der Waals surface area contributed by atoms with Crippen LogP contribution in [0.15, 0.2) is 188 Å². The molecule has 0 fully saturated rings. The Morgan fingerprint density at radius 1 is 0.441 bits per heavy atom. The van der Waals surface area contributed by atoms with E-state index in [9.17, 15) is 0 Å². The molecular formula is C55H62N4. The number of nitrogens with two attached hydrogens (primary N) is 3. The number of rotatable bonds is 5. The van der Waals surface area contributed by atoms with Gasteiger partial charge in [-0.25, -0.2) is 0 Å². The van der Waals surface area contributed by atoms with Gasteiger partial charge >= 0.3 is 0 Å². The Kier molecular flexibility index (Phi) is 20.1. The number of hydrogen-bond acceptors (Lipinski definition) is 4. The Morgan fingerprint density at radius 3 is 1.24 bits per heavy atom. The lowest BCUT2D eigenvalue weighted by Gasteiger charge is -2.18. The molecule has 0 saturated carbocycles. The van der Waals surface area contributed by atoms with Gasteiger partial charge in [0.05, 0.1) is 0 Å². The van der Waals surface area contributed by atoms with Crippen molar-refractivity contribution < 1.29 is 0 Å². The van der Waals surface area contributed by atoms with Crippen LogP contribution in [0, 0.1) is 26.2 Å². The summed E-state index contributed by atoms with van der Waals surface area (Å²) in [6, 6.07) is 64.5. The minimum atomic E-state index is 0.606. The molecule has 4 nitrogen and oxygen atoms in total. The van der Waals surface area contributed by atoms with Gasteiger partial charge in [0.2, 0.25) is 0 Å². The number of fused-ring (bicyclic) bond motifs is 1. The highest BCUT2D eigenvalue weighted by atomic mass is 14.6. The minimum Gasteiger partial charge on any atom is -0.399 e. The van der Waals surface area contributed by atoms with Crippen LogP contribution in [0.2, 0.25) is 0 Å². The molecule has 302 valence electrons. The molecule has 0 aliphatic carbocycles. The third kappa shape index (κ3) is 14.0. The van der Waals surface area contributed by atoms with Crippen molar-refractivity contribution in [3.8, 4) is 33.4 Å². The first-order valence-corrected chi connectivity index (χ1v) is 20.3. The van der Waals surface area contributed by atoms with E-state index < -0.39 is 0 Å². The normalized spacial score (nSPS) is 9.68. The third-order valence-electron chi connectivity index (χ3n) is 9.60. The summed E-state index contributed by atoms with van der Waals surface area (Å²) in [5, 5.41) is 8.05. The Morgan fingerprint density at radius 2 is 0.814 bits per heavy atom. The van der Waals surface area contributed by atoms with Crippen LogP contribution in [0.4, 0.5) is 11.4 Å². The van der Waals surface area contributed by atoms with Gasteiger partial charge < -0.3 is 22.6 Å². The number of para-hydroxylation sites is 1. The second-order valence-corrected chi connectivity index (χ2v) is 13.6. The van der Waals surface area contributed by atoms with Crippen molar-refractivity contribution in [1.82, 2.24) is 0 Å². The monoisotopic (exact) mass is 778 g/mol. The molecule has 0 bridgehead atoms. The molecule has 7 N–H and O–H groups in total. The number of nitrogen functional groups attached to an aromatic ring is 2. The van der Waals surface area contributed by atoms with Crippen LogP contribution >= 0.6 is 0 Å². The first-order valence-electron chi connectivity index (χ1n) is 20.3. The summed E-state index contributed by atoms with van der Waals surface area (Å²) in [5.74, 6) is 0. The van der Waals surface area contributed by atoms with Gasteiger partial charge in [0.15, 0.2) is 0 Å². The van der Waals surface area contributed by atoms with E-state index in [-0.39, 0.29) is 0 Å². The Balaban J connectivity index is 0.000000240. The van der Waals surface area contributed by atoms with Crippen molar-refractivity contribution in [1.29, 1.82) is 5.41 Å². The Labute approximate surface area is 353 Å². The van der Waals surface area contributed by atoms with E-state index in [1.807, 2.05) is 80.6 Å². The lowest BCUT2D eigenvalue weighted by Crippen LogP contribution is -2.00. The van der Waals surface area contributed by atoms with E-state index in [1.54, 1.807) is 0 Å². The molecule has 59 heavy (non-hydrogen) atoms. The van der Waals surface area contributed by atoms with E-state index >= 15 is 0 Å².